The van der Waals surface area contributed by atoms with Crippen molar-refractivity contribution in [1.82, 2.24) is 0 Å². The number of benzene rings is 2. The lowest BCUT2D eigenvalue weighted by atomic mass is 9.91. The van der Waals surface area contributed by atoms with Crippen molar-refractivity contribution in [3.63, 3.8) is 0 Å². The Morgan fingerprint density at radius 1 is 1.19 bits per heavy atom. The summed E-state index contributed by atoms with van der Waals surface area (Å²) < 4.78 is 5.92. The number of hydrogen-bond acceptors (Lipinski definition) is 4. The molecular weight excluding hydrogens is 332 g/mol. The molecule has 0 aromatic heterocycles. The van der Waals surface area contributed by atoms with Gasteiger partial charge in [0.15, 0.2) is 6.10 Å². The van der Waals surface area contributed by atoms with Crippen LogP contribution in [-0.2, 0) is 17.6 Å². The highest BCUT2D eigenvalue weighted by Gasteiger charge is 2.21. The van der Waals surface area contributed by atoms with Crippen LogP contribution in [0.5, 0.6) is 5.75 Å². The van der Waals surface area contributed by atoms with Crippen molar-refractivity contribution in [1.29, 1.82) is 0 Å². The van der Waals surface area contributed by atoms with E-state index in [4.69, 9.17) is 4.74 Å². The standard InChI is InChI=1S/C20H22N2O4/c1-13-17(10-6-11-18(13)22(24)25)21-20(23)14(2)26-19-12-5-8-15-7-3-4-9-16(15)19/h5-6,8,10-12,14H,3-4,7,9H2,1-2H3,(H,21,23)/t14-/m0/s1. The number of ether oxygens (including phenoxy) is 1. The molecule has 0 saturated heterocycles. The van der Waals surface area contributed by atoms with Gasteiger partial charge in [-0.1, -0.05) is 18.2 Å². The monoisotopic (exact) mass is 354 g/mol. The Labute approximate surface area is 152 Å². The molecule has 1 aliphatic carbocycles. The van der Waals surface area contributed by atoms with Gasteiger partial charge in [-0.3, -0.25) is 14.9 Å². The molecule has 26 heavy (non-hydrogen) atoms. The van der Waals surface area contributed by atoms with Crippen LogP contribution >= 0.6 is 0 Å². The van der Waals surface area contributed by atoms with Gasteiger partial charge >= 0.3 is 0 Å². The molecule has 0 aliphatic heterocycles. The van der Waals surface area contributed by atoms with Gasteiger partial charge < -0.3 is 10.1 Å². The molecule has 0 fully saturated rings. The normalized spacial score (nSPS) is 14.2. The fraction of sp³-hybridized carbons (Fsp3) is 0.350. The molecule has 2 aromatic carbocycles. The molecule has 2 aromatic rings. The number of amides is 1. The van der Waals surface area contributed by atoms with Crippen LogP contribution in [-0.4, -0.2) is 16.9 Å². The van der Waals surface area contributed by atoms with E-state index in [-0.39, 0.29) is 11.6 Å². The lowest BCUT2D eigenvalue weighted by molar-refractivity contribution is -0.385. The number of rotatable bonds is 5. The molecule has 0 heterocycles. The maximum Gasteiger partial charge on any atom is 0.274 e. The van der Waals surface area contributed by atoms with Crippen LogP contribution < -0.4 is 10.1 Å². The molecular formula is C20H22N2O4. The molecule has 0 radical (unpaired) electrons. The summed E-state index contributed by atoms with van der Waals surface area (Å²) in [6.45, 7) is 3.30. The molecule has 0 bridgehead atoms. The number of hydrogen-bond donors (Lipinski definition) is 1. The number of nitro groups is 1. The van der Waals surface area contributed by atoms with Gasteiger partial charge in [-0.05, 0) is 62.8 Å². The van der Waals surface area contributed by atoms with Gasteiger partial charge in [-0.15, -0.1) is 0 Å². The van der Waals surface area contributed by atoms with Crippen LogP contribution in [0.15, 0.2) is 36.4 Å². The van der Waals surface area contributed by atoms with Crippen LogP contribution in [0.4, 0.5) is 11.4 Å². The molecule has 6 nitrogen and oxygen atoms in total. The minimum absolute atomic E-state index is 0.0199. The largest absolute Gasteiger partial charge is 0.481 e. The zero-order valence-corrected chi connectivity index (χ0v) is 15.0. The predicted octanol–water partition coefficient (Wildman–Crippen LogP) is 4.19. The van der Waals surface area contributed by atoms with Crippen LogP contribution in [0.1, 0.15) is 36.5 Å². The van der Waals surface area contributed by atoms with Crippen molar-refractivity contribution in [2.75, 3.05) is 5.32 Å². The predicted molar refractivity (Wildman–Crippen MR) is 99.6 cm³/mol. The zero-order valence-electron chi connectivity index (χ0n) is 15.0. The zero-order chi connectivity index (χ0) is 18.7. The number of aryl methyl sites for hydroxylation is 1. The van der Waals surface area contributed by atoms with Crippen molar-refractivity contribution in [2.45, 2.75) is 45.6 Å². The van der Waals surface area contributed by atoms with Crippen LogP contribution in [0.3, 0.4) is 0 Å². The van der Waals surface area contributed by atoms with E-state index in [1.165, 1.54) is 23.6 Å². The quantitative estimate of drug-likeness (QED) is 0.645. The fourth-order valence-corrected chi connectivity index (χ4v) is 3.29. The van der Waals surface area contributed by atoms with E-state index in [0.29, 0.717) is 11.3 Å². The summed E-state index contributed by atoms with van der Waals surface area (Å²) in [6.07, 6.45) is 3.60. The summed E-state index contributed by atoms with van der Waals surface area (Å²) in [5.41, 5.74) is 3.30. The highest BCUT2D eigenvalue weighted by Crippen LogP contribution is 2.30. The first-order valence-corrected chi connectivity index (χ1v) is 8.79. The van der Waals surface area contributed by atoms with Gasteiger partial charge in [0.2, 0.25) is 0 Å². The number of nitrogens with zero attached hydrogens (tertiary/aromatic N) is 1. The molecule has 6 heteroatoms. The third kappa shape index (κ3) is 3.69. The lowest BCUT2D eigenvalue weighted by Crippen LogP contribution is -2.31. The number of nitro benzene ring substituents is 1. The van der Waals surface area contributed by atoms with Gasteiger partial charge in [0.1, 0.15) is 5.75 Å². The van der Waals surface area contributed by atoms with Crippen molar-refractivity contribution < 1.29 is 14.5 Å². The third-order valence-electron chi connectivity index (χ3n) is 4.79. The third-order valence-corrected chi connectivity index (χ3v) is 4.79. The first-order chi connectivity index (χ1) is 12.5. The van der Waals surface area contributed by atoms with Gasteiger partial charge in [0.25, 0.3) is 11.6 Å². The number of anilines is 1. The van der Waals surface area contributed by atoms with Crippen molar-refractivity contribution in [3.8, 4) is 5.75 Å². The van der Waals surface area contributed by atoms with Crippen molar-refractivity contribution in [3.05, 3.63) is 63.2 Å². The summed E-state index contributed by atoms with van der Waals surface area (Å²) in [4.78, 5) is 23.1. The van der Waals surface area contributed by atoms with Gasteiger partial charge in [-0.2, -0.15) is 0 Å². The van der Waals surface area contributed by atoms with Crippen molar-refractivity contribution >= 4 is 17.3 Å². The second-order valence-electron chi connectivity index (χ2n) is 6.56. The van der Waals surface area contributed by atoms with E-state index in [2.05, 4.69) is 11.4 Å². The van der Waals surface area contributed by atoms with Gasteiger partial charge in [0, 0.05) is 6.07 Å². The number of carbonyl (C=O) groups excluding carboxylic acids is 1. The molecule has 136 valence electrons. The minimum atomic E-state index is -0.706. The number of carbonyl (C=O) groups is 1. The molecule has 1 atom stereocenters. The molecule has 0 saturated carbocycles. The highest BCUT2D eigenvalue weighted by atomic mass is 16.6. The van der Waals surface area contributed by atoms with E-state index in [0.717, 1.165) is 25.0 Å². The lowest BCUT2D eigenvalue weighted by Gasteiger charge is -2.22. The molecule has 3 rings (SSSR count). The summed E-state index contributed by atoms with van der Waals surface area (Å²) in [6, 6.07) is 10.6. The van der Waals surface area contributed by atoms with E-state index in [1.807, 2.05) is 12.1 Å². The van der Waals surface area contributed by atoms with Crippen LogP contribution in [0.2, 0.25) is 0 Å². The number of fused-ring (bicyclic) bond motifs is 1. The number of nitrogens with one attached hydrogen (secondary N) is 1. The second-order valence-corrected chi connectivity index (χ2v) is 6.56. The van der Waals surface area contributed by atoms with E-state index >= 15 is 0 Å². The Balaban J connectivity index is 1.74. The summed E-state index contributed by atoms with van der Waals surface area (Å²) in [5, 5.41) is 13.8. The molecule has 0 spiro atoms. The van der Waals surface area contributed by atoms with E-state index in [1.54, 1.807) is 26.0 Å². The molecule has 1 amide bonds. The van der Waals surface area contributed by atoms with E-state index in [9.17, 15) is 14.9 Å². The first kappa shape index (κ1) is 17.9. The van der Waals surface area contributed by atoms with E-state index < -0.39 is 11.0 Å². The SMILES string of the molecule is Cc1c(NC(=O)[C@H](C)Oc2cccc3c2CCCC3)cccc1[N+](=O)[O-]. The minimum Gasteiger partial charge on any atom is -0.481 e. The maximum atomic E-state index is 12.5. The summed E-state index contributed by atoms with van der Waals surface area (Å²) in [7, 11) is 0. The van der Waals surface area contributed by atoms with Crippen LogP contribution in [0.25, 0.3) is 0 Å². The smallest absolute Gasteiger partial charge is 0.274 e. The first-order valence-electron chi connectivity index (χ1n) is 8.79. The average Bonchev–Trinajstić information content (AvgIpc) is 2.63. The fourth-order valence-electron chi connectivity index (χ4n) is 3.29. The summed E-state index contributed by atoms with van der Waals surface area (Å²) >= 11 is 0. The molecule has 1 N–H and O–H groups in total. The summed E-state index contributed by atoms with van der Waals surface area (Å²) in [5.74, 6) is 0.419. The Morgan fingerprint density at radius 2 is 1.92 bits per heavy atom. The molecule has 0 unspecified atom stereocenters. The van der Waals surface area contributed by atoms with Crippen LogP contribution in [0, 0.1) is 17.0 Å². The van der Waals surface area contributed by atoms with Crippen molar-refractivity contribution in [2.24, 2.45) is 0 Å². The Bertz CT molecular complexity index is 848. The maximum absolute atomic E-state index is 12.5. The Kier molecular flexibility index (Phi) is 5.21. The highest BCUT2D eigenvalue weighted by molar-refractivity contribution is 5.95. The Morgan fingerprint density at radius 3 is 2.69 bits per heavy atom. The average molecular weight is 354 g/mol. The molecule has 1 aliphatic rings. The van der Waals surface area contributed by atoms with Gasteiger partial charge in [0.05, 0.1) is 16.2 Å². The second kappa shape index (κ2) is 7.56. The van der Waals surface area contributed by atoms with Gasteiger partial charge in [-0.25, -0.2) is 0 Å². The topological polar surface area (TPSA) is 81.5 Å². The Hall–Kier alpha value is -2.89.